The first-order chi connectivity index (χ1) is 9.50. The van der Waals surface area contributed by atoms with E-state index < -0.39 is 0 Å². The zero-order valence-electron chi connectivity index (χ0n) is 12.3. The highest BCUT2D eigenvalue weighted by Crippen LogP contribution is 2.65. The van der Waals surface area contributed by atoms with Crippen molar-refractivity contribution >= 4 is 29.1 Å². The lowest BCUT2D eigenvalue weighted by Gasteiger charge is -2.61. The highest BCUT2D eigenvalue weighted by atomic mass is 35.5. The van der Waals surface area contributed by atoms with Crippen molar-refractivity contribution in [2.45, 2.75) is 45.4 Å². The average Bonchev–Trinajstić information content (AvgIpc) is 2.34. The summed E-state index contributed by atoms with van der Waals surface area (Å²) < 4.78 is 0. The first-order valence-corrected chi connectivity index (χ1v) is 8.98. The highest BCUT2D eigenvalue weighted by Gasteiger charge is 2.59. The summed E-state index contributed by atoms with van der Waals surface area (Å²) in [7, 11) is 0. The molecule has 0 aliphatic heterocycles. The van der Waals surface area contributed by atoms with Crippen molar-refractivity contribution < 1.29 is 4.79 Å². The largest absolute Gasteiger partial charge is 0.340 e. The molecule has 0 N–H and O–H groups in total. The Morgan fingerprint density at radius 3 is 2.10 bits per heavy atom. The SMILES string of the molecule is CC12CC3CC(C1)CC(C(=O)N(CCCl)CCCl)(C3)C2. The van der Waals surface area contributed by atoms with Crippen LogP contribution < -0.4 is 0 Å². The van der Waals surface area contributed by atoms with Gasteiger partial charge >= 0.3 is 0 Å². The summed E-state index contributed by atoms with van der Waals surface area (Å²) in [5.41, 5.74) is 0.324. The molecule has 0 aromatic heterocycles. The van der Waals surface area contributed by atoms with Crippen LogP contribution in [0.5, 0.6) is 0 Å². The smallest absolute Gasteiger partial charge is 0.228 e. The molecule has 4 aliphatic rings. The Bertz CT molecular complexity index is 378. The molecule has 2 unspecified atom stereocenters. The van der Waals surface area contributed by atoms with Crippen LogP contribution in [0.2, 0.25) is 0 Å². The van der Waals surface area contributed by atoms with E-state index in [-0.39, 0.29) is 5.41 Å². The van der Waals surface area contributed by atoms with Gasteiger partial charge in [0.25, 0.3) is 0 Å². The molecule has 2 atom stereocenters. The van der Waals surface area contributed by atoms with E-state index in [1.165, 1.54) is 19.3 Å². The van der Waals surface area contributed by atoms with Crippen molar-refractivity contribution in [1.82, 2.24) is 4.90 Å². The summed E-state index contributed by atoms with van der Waals surface area (Å²) in [5, 5.41) is 0. The quantitative estimate of drug-likeness (QED) is 0.704. The van der Waals surface area contributed by atoms with Crippen LogP contribution in [0.25, 0.3) is 0 Å². The minimum Gasteiger partial charge on any atom is -0.340 e. The minimum atomic E-state index is -0.0864. The summed E-state index contributed by atoms with van der Waals surface area (Å²) in [6.45, 7) is 3.68. The van der Waals surface area contributed by atoms with E-state index in [0.717, 1.165) is 31.1 Å². The van der Waals surface area contributed by atoms with Crippen LogP contribution in [0.15, 0.2) is 0 Å². The molecule has 0 heterocycles. The lowest BCUT2D eigenvalue weighted by Crippen LogP contribution is -2.57. The average molecular weight is 318 g/mol. The zero-order chi connectivity index (χ0) is 14.4. The standard InChI is InChI=1S/C16H25Cl2NO/c1-15-7-12-6-13(8-15)10-16(9-12,11-15)14(20)19(4-2-17)5-3-18/h12-13H,2-11H2,1H3. The molecule has 114 valence electrons. The summed E-state index contributed by atoms with van der Waals surface area (Å²) in [6.07, 6.45) is 7.34. The van der Waals surface area contributed by atoms with Crippen LogP contribution in [-0.4, -0.2) is 35.7 Å². The Hall–Kier alpha value is 0.0500. The zero-order valence-corrected chi connectivity index (χ0v) is 13.8. The van der Waals surface area contributed by atoms with Crippen LogP contribution in [0.3, 0.4) is 0 Å². The monoisotopic (exact) mass is 317 g/mol. The molecule has 0 radical (unpaired) electrons. The predicted molar refractivity (Wildman–Crippen MR) is 83.2 cm³/mol. The van der Waals surface area contributed by atoms with Crippen LogP contribution in [0.1, 0.15) is 45.4 Å². The summed E-state index contributed by atoms with van der Waals surface area (Å²) in [6, 6.07) is 0. The molecule has 0 aromatic carbocycles. The molecule has 4 aliphatic carbocycles. The van der Waals surface area contributed by atoms with Gasteiger partial charge in [0.15, 0.2) is 0 Å². The van der Waals surface area contributed by atoms with Gasteiger partial charge in [-0.25, -0.2) is 0 Å². The number of halogens is 2. The molecular formula is C16H25Cl2NO. The topological polar surface area (TPSA) is 20.3 Å². The minimum absolute atomic E-state index is 0.0864. The van der Waals surface area contributed by atoms with Gasteiger partial charge < -0.3 is 4.90 Å². The molecule has 4 rings (SSSR count). The molecule has 0 spiro atoms. The normalized spacial score (nSPS) is 42.0. The summed E-state index contributed by atoms with van der Waals surface area (Å²) >= 11 is 11.7. The fourth-order valence-corrected chi connectivity index (χ4v) is 6.23. The van der Waals surface area contributed by atoms with Crippen LogP contribution in [0, 0.1) is 22.7 Å². The third-order valence-electron chi connectivity index (χ3n) is 5.80. The van der Waals surface area contributed by atoms with E-state index in [2.05, 4.69) is 6.92 Å². The number of rotatable bonds is 5. The van der Waals surface area contributed by atoms with E-state index in [1.54, 1.807) is 0 Å². The maximum Gasteiger partial charge on any atom is 0.228 e. The molecule has 4 fully saturated rings. The van der Waals surface area contributed by atoms with Crippen LogP contribution in [0.4, 0.5) is 0 Å². The number of carbonyl (C=O) groups is 1. The van der Waals surface area contributed by atoms with E-state index in [4.69, 9.17) is 23.2 Å². The van der Waals surface area contributed by atoms with Gasteiger partial charge in [0, 0.05) is 24.8 Å². The Morgan fingerprint density at radius 2 is 1.65 bits per heavy atom. The second kappa shape index (κ2) is 5.35. The van der Waals surface area contributed by atoms with Crippen molar-refractivity contribution in [1.29, 1.82) is 0 Å². The molecule has 4 heteroatoms. The van der Waals surface area contributed by atoms with Gasteiger partial charge in [0.05, 0.1) is 5.41 Å². The summed E-state index contributed by atoms with van der Waals surface area (Å²) in [4.78, 5) is 15.1. The van der Waals surface area contributed by atoms with Gasteiger partial charge in [0.1, 0.15) is 0 Å². The highest BCUT2D eigenvalue weighted by molar-refractivity contribution is 6.18. The Labute approximate surface area is 132 Å². The molecule has 2 nitrogen and oxygen atoms in total. The Morgan fingerprint density at radius 1 is 1.10 bits per heavy atom. The third kappa shape index (κ3) is 2.47. The molecule has 1 amide bonds. The first-order valence-electron chi connectivity index (χ1n) is 7.92. The lowest BCUT2D eigenvalue weighted by atomic mass is 9.44. The molecule has 0 saturated heterocycles. The number of amides is 1. The first kappa shape index (κ1) is 15.0. The maximum atomic E-state index is 13.1. The number of nitrogens with zero attached hydrogens (tertiary/aromatic N) is 1. The van der Waals surface area contributed by atoms with Gasteiger partial charge in [-0.15, -0.1) is 23.2 Å². The van der Waals surface area contributed by atoms with Crippen LogP contribution >= 0.6 is 23.2 Å². The Kier molecular flexibility index (Phi) is 4.01. The molecule has 4 bridgehead atoms. The Balaban J connectivity index is 1.82. The van der Waals surface area contributed by atoms with Crippen molar-refractivity contribution in [2.24, 2.45) is 22.7 Å². The van der Waals surface area contributed by atoms with Crippen molar-refractivity contribution in [3.63, 3.8) is 0 Å². The lowest BCUT2D eigenvalue weighted by molar-refractivity contribution is -0.165. The van der Waals surface area contributed by atoms with Crippen LogP contribution in [-0.2, 0) is 4.79 Å². The number of hydrogen-bond donors (Lipinski definition) is 0. The number of alkyl halides is 2. The van der Waals surface area contributed by atoms with Crippen molar-refractivity contribution in [3.8, 4) is 0 Å². The number of hydrogen-bond acceptors (Lipinski definition) is 1. The van der Waals surface area contributed by atoms with Gasteiger partial charge in [-0.1, -0.05) is 6.92 Å². The third-order valence-corrected chi connectivity index (χ3v) is 6.14. The van der Waals surface area contributed by atoms with E-state index in [1.807, 2.05) is 4.90 Å². The maximum absolute atomic E-state index is 13.1. The van der Waals surface area contributed by atoms with Gasteiger partial charge in [-0.05, 0) is 55.8 Å². The second-order valence-corrected chi connectivity index (χ2v) is 8.48. The molecular weight excluding hydrogens is 293 g/mol. The fraction of sp³-hybridized carbons (Fsp3) is 0.938. The molecule has 0 aromatic rings. The van der Waals surface area contributed by atoms with Crippen molar-refractivity contribution in [3.05, 3.63) is 0 Å². The van der Waals surface area contributed by atoms with Crippen molar-refractivity contribution in [2.75, 3.05) is 24.8 Å². The molecule has 4 saturated carbocycles. The van der Waals surface area contributed by atoms with E-state index in [0.29, 0.717) is 36.2 Å². The molecule has 20 heavy (non-hydrogen) atoms. The van der Waals surface area contributed by atoms with Gasteiger partial charge in [0.2, 0.25) is 5.91 Å². The summed E-state index contributed by atoms with van der Waals surface area (Å²) in [5.74, 6) is 2.91. The van der Waals surface area contributed by atoms with Gasteiger partial charge in [-0.3, -0.25) is 4.79 Å². The number of carbonyl (C=O) groups excluding carboxylic acids is 1. The second-order valence-electron chi connectivity index (χ2n) is 7.72. The fourth-order valence-electron chi connectivity index (χ4n) is 5.82. The predicted octanol–water partition coefficient (Wildman–Crippen LogP) is 3.90. The van der Waals surface area contributed by atoms with E-state index >= 15 is 0 Å². The van der Waals surface area contributed by atoms with E-state index in [9.17, 15) is 4.79 Å². The van der Waals surface area contributed by atoms with Gasteiger partial charge in [-0.2, -0.15) is 0 Å².